The average Bonchev–Trinajstić information content (AvgIpc) is 2.81. The number of carbonyl (C=O) groups excluding carboxylic acids is 1. The molecule has 1 amide bonds. The molecule has 6 nitrogen and oxygen atoms in total. The molecule has 0 unspecified atom stereocenters. The van der Waals surface area contributed by atoms with Crippen molar-refractivity contribution in [1.29, 1.82) is 0 Å². The van der Waals surface area contributed by atoms with Crippen LogP contribution in [0.3, 0.4) is 0 Å². The van der Waals surface area contributed by atoms with Crippen molar-refractivity contribution in [3.8, 4) is 0 Å². The molecule has 4 fully saturated rings. The lowest BCUT2D eigenvalue weighted by atomic mass is 9.49. The van der Waals surface area contributed by atoms with Gasteiger partial charge in [-0.2, -0.15) is 0 Å². The fraction of sp³-hybridized carbons (Fsp3) is 0.750. The van der Waals surface area contributed by atoms with Crippen LogP contribution in [-0.2, 0) is 22.4 Å². The third kappa shape index (κ3) is 5.26. The Balaban J connectivity index is 1.01. The molecule has 4 saturated carbocycles. The van der Waals surface area contributed by atoms with Gasteiger partial charge in [-0.1, -0.05) is 31.7 Å². The molecular weight excluding hydrogens is 426 g/mol. The first-order valence-corrected chi connectivity index (χ1v) is 13.8. The highest BCUT2D eigenvalue weighted by Crippen LogP contribution is 2.60. The van der Waals surface area contributed by atoms with Crippen LogP contribution in [0.5, 0.6) is 0 Å². The second-order valence-corrected chi connectivity index (χ2v) is 11.7. The first kappa shape index (κ1) is 23.6. The van der Waals surface area contributed by atoms with E-state index >= 15 is 0 Å². The highest BCUT2D eigenvalue weighted by Gasteiger charge is 2.54. The van der Waals surface area contributed by atoms with Gasteiger partial charge in [-0.3, -0.25) is 4.79 Å². The summed E-state index contributed by atoms with van der Waals surface area (Å²) in [4.78, 5) is 29.9. The van der Waals surface area contributed by atoms with E-state index in [0.717, 1.165) is 82.3 Å². The van der Waals surface area contributed by atoms with E-state index in [1.807, 2.05) is 0 Å². The van der Waals surface area contributed by atoms with Crippen molar-refractivity contribution in [3.63, 3.8) is 0 Å². The maximum atomic E-state index is 13.2. The molecule has 34 heavy (non-hydrogen) atoms. The molecule has 1 aromatic rings. The molecule has 1 atom stereocenters. The predicted molar refractivity (Wildman–Crippen MR) is 133 cm³/mol. The number of amides is 1. The molecule has 1 aliphatic heterocycles. The number of unbranched alkanes of at least 4 members (excludes halogenated alkanes) is 4. The Morgan fingerprint density at radius 2 is 1.71 bits per heavy atom. The standard InChI is InChI=1S/C28H41N3O3/c32-26(33)24(31-27(34)28-16-19-13-20(17-28)15-21(14-19)18-28)9-5-3-1-2-4-8-23-11-10-22-7-6-12-29-25(22)30-23/h10-11,19-21,24H,1-9,12-18H2,(H,29,30)(H,31,34)(H,32,33)/t19?,20?,21?,24-,28?/m0/s1. The smallest absolute Gasteiger partial charge is 0.326 e. The fourth-order valence-corrected chi connectivity index (χ4v) is 7.65. The van der Waals surface area contributed by atoms with Gasteiger partial charge >= 0.3 is 5.97 Å². The lowest BCUT2D eigenvalue weighted by Crippen LogP contribution is -2.56. The van der Waals surface area contributed by atoms with Crippen molar-refractivity contribution in [1.82, 2.24) is 10.3 Å². The largest absolute Gasteiger partial charge is 0.480 e. The van der Waals surface area contributed by atoms with E-state index in [2.05, 4.69) is 22.8 Å². The van der Waals surface area contributed by atoms with Gasteiger partial charge in [0.1, 0.15) is 11.9 Å². The summed E-state index contributed by atoms with van der Waals surface area (Å²) < 4.78 is 0. The third-order valence-electron chi connectivity index (χ3n) is 9.00. The lowest BCUT2D eigenvalue weighted by molar-refractivity contribution is -0.151. The summed E-state index contributed by atoms with van der Waals surface area (Å²) in [6.45, 7) is 1.02. The lowest BCUT2D eigenvalue weighted by Gasteiger charge is -2.55. The first-order valence-electron chi connectivity index (χ1n) is 13.8. The van der Waals surface area contributed by atoms with E-state index in [1.165, 1.54) is 31.2 Å². The molecule has 3 N–H and O–H groups in total. The van der Waals surface area contributed by atoms with Crippen molar-refractivity contribution < 1.29 is 14.7 Å². The van der Waals surface area contributed by atoms with E-state index in [0.29, 0.717) is 24.2 Å². The van der Waals surface area contributed by atoms with Crippen LogP contribution in [0, 0.1) is 23.2 Å². The van der Waals surface area contributed by atoms with Crippen LogP contribution < -0.4 is 10.6 Å². The molecule has 0 saturated heterocycles. The second-order valence-electron chi connectivity index (χ2n) is 11.7. The number of carbonyl (C=O) groups is 2. The van der Waals surface area contributed by atoms with Crippen LogP contribution >= 0.6 is 0 Å². The van der Waals surface area contributed by atoms with Gasteiger partial charge < -0.3 is 15.7 Å². The Morgan fingerprint density at radius 3 is 2.41 bits per heavy atom. The Hall–Kier alpha value is -2.11. The van der Waals surface area contributed by atoms with E-state index in [1.54, 1.807) is 0 Å². The third-order valence-corrected chi connectivity index (χ3v) is 9.00. The van der Waals surface area contributed by atoms with Crippen LogP contribution in [0.2, 0.25) is 0 Å². The molecule has 4 aliphatic carbocycles. The number of carboxylic acid groups (broad SMARTS) is 1. The van der Waals surface area contributed by atoms with Crippen molar-refractivity contribution in [2.45, 2.75) is 102 Å². The minimum absolute atomic E-state index is 0.0334. The monoisotopic (exact) mass is 467 g/mol. The first-order chi connectivity index (χ1) is 16.5. The highest BCUT2D eigenvalue weighted by molar-refractivity contribution is 5.87. The van der Waals surface area contributed by atoms with Gasteiger partial charge in [0, 0.05) is 17.7 Å². The number of rotatable bonds is 11. The zero-order chi connectivity index (χ0) is 23.5. The summed E-state index contributed by atoms with van der Waals surface area (Å²) >= 11 is 0. The van der Waals surface area contributed by atoms with Crippen LogP contribution in [0.4, 0.5) is 5.82 Å². The number of nitrogens with one attached hydrogen (secondary N) is 2. The number of hydrogen-bond acceptors (Lipinski definition) is 4. The number of aryl methyl sites for hydroxylation is 2. The number of aliphatic carboxylic acids is 1. The number of hydrogen-bond donors (Lipinski definition) is 3. The predicted octanol–water partition coefficient (Wildman–Crippen LogP) is 5.11. The number of carboxylic acids is 1. The quantitative estimate of drug-likeness (QED) is 0.394. The molecule has 2 heterocycles. The van der Waals surface area contributed by atoms with Gasteiger partial charge in [0.25, 0.3) is 0 Å². The van der Waals surface area contributed by atoms with Crippen LogP contribution in [0.25, 0.3) is 0 Å². The Bertz CT molecular complexity index is 864. The number of aromatic nitrogens is 1. The molecule has 6 heteroatoms. The zero-order valence-electron chi connectivity index (χ0n) is 20.5. The molecule has 5 aliphatic rings. The van der Waals surface area contributed by atoms with Crippen LogP contribution in [0.1, 0.15) is 94.7 Å². The summed E-state index contributed by atoms with van der Waals surface area (Å²) in [6.07, 6.45) is 15.8. The topological polar surface area (TPSA) is 91.3 Å². The molecular formula is C28H41N3O3. The van der Waals surface area contributed by atoms with E-state index in [9.17, 15) is 14.7 Å². The summed E-state index contributed by atoms with van der Waals surface area (Å²) in [6, 6.07) is 3.64. The van der Waals surface area contributed by atoms with Crippen LogP contribution in [0.15, 0.2) is 12.1 Å². The second kappa shape index (κ2) is 10.2. The average molecular weight is 468 g/mol. The number of pyridine rings is 1. The number of nitrogens with zero attached hydrogens (tertiary/aromatic N) is 1. The molecule has 1 aromatic heterocycles. The van der Waals surface area contributed by atoms with Crippen molar-refractivity contribution >= 4 is 17.7 Å². The zero-order valence-corrected chi connectivity index (χ0v) is 20.5. The van der Waals surface area contributed by atoms with Crippen molar-refractivity contribution in [2.75, 3.05) is 11.9 Å². The van der Waals surface area contributed by atoms with Crippen molar-refractivity contribution in [3.05, 3.63) is 23.4 Å². The number of anilines is 1. The maximum absolute atomic E-state index is 13.2. The fourth-order valence-electron chi connectivity index (χ4n) is 7.65. The molecule has 4 bridgehead atoms. The van der Waals surface area contributed by atoms with Crippen LogP contribution in [-0.4, -0.2) is 34.6 Å². The van der Waals surface area contributed by atoms with E-state index in [-0.39, 0.29) is 11.3 Å². The highest BCUT2D eigenvalue weighted by atomic mass is 16.4. The Kier molecular flexibility index (Phi) is 7.12. The van der Waals surface area contributed by atoms with Gasteiger partial charge in [-0.05, 0) is 100 Å². The van der Waals surface area contributed by atoms with Gasteiger partial charge in [0.2, 0.25) is 5.91 Å². The Labute approximate surface area is 203 Å². The molecule has 186 valence electrons. The molecule has 0 aromatic carbocycles. The molecule has 0 spiro atoms. The number of fused-ring (bicyclic) bond motifs is 1. The van der Waals surface area contributed by atoms with Crippen molar-refractivity contribution in [2.24, 2.45) is 23.2 Å². The summed E-state index contributed by atoms with van der Waals surface area (Å²) in [5, 5.41) is 16.1. The van der Waals surface area contributed by atoms with E-state index < -0.39 is 12.0 Å². The summed E-state index contributed by atoms with van der Waals surface area (Å²) in [5.41, 5.74) is 2.22. The summed E-state index contributed by atoms with van der Waals surface area (Å²) in [5.74, 6) is 2.28. The van der Waals surface area contributed by atoms with E-state index in [4.69, 9.17) is 4.98 Å². The maximum Gasteiger partial charge on any atom is 0.326 e. The summed E-state index contributed by atoms with van der Waals surface area (Å²) in [7, 11) is 0. The van der Waals surface area contributed by atoms with Gasteiger partial charge in [-0.25, -0.2) is 9.78 Å². The minimum Gasteiger partial charge on any atom is -0.480 e. The van der Waals surface area contributed by atoms with Gasteiger partial charge in [0.05, 0.1) is 0 Å². The normalized spacial score (nSPS) is 29.8. The molecule has 6 rings (SSSR count). The minimum atomic E-state index is -0.884. The van der Waals surface area contributed by atoms with Gasteiger partial charge in [0.15, 0.2) is 0 Å². The SMILES string of the molecule is O=C(O)[C@H](CCCCCCCc1ccc2c(n1)NCCC2)NC(=O)C12CC3CC(CC(C3)C1)C2. The molecule has 0 radical (unpaired) electrons. The Morgan fingerprint density at radius 1 is 1.03 bits per heavy atom. The van der Waals surface area contributed by atoms with Gasteiger partial charge in [-0.15, -0.1) is 0 Å².